The minimum atomic E-state index is 0.100. The Kier molecular flexibility index (Phi) is 7.17. The number of pyridine rings is 1. The number of nitrogens with zero attached hydrogens (tertiary/aromatic N) is 4. The van der Waals surface area contributed by atoms with Crippen LogP contribution in [0.15, 0.2) is 60.8 Å². The van der Waals surface area contributed by atoms with Gasteiger partial charge in [-0.3, -0.25) is 9.88 Å². The zero-order valence-electron chi connectivity index (χ0n) is 22.1. The average Bonchev–Trinajstić information content (AvgIpc) is 2.83. The predicted molar refractivity (Wildman–Crippen MR) is 151 cm³/mol. The summed E-state index contributed by atoms with van der Waals surface area (Å²) >= 11 is 6.45. The van der Waals surface area contributed by atoms with E-state index in [9.17, 15) is 0 Å². The summed E-state index contributed by atoms with van der Waals surface area (Å²) in [7, 11) is 0. The minimum absolute atomic E-state index is 0.100. The van der Waals surface area contributed by atoms with E-state index >= 15 is 0 Å². The quantitative estimate of drug-likeness (QED) is 0.309. The van der Waals surface area contributed by atoms with E-state index in [2.05, 4.69) is 74.1 Å². The van der Waals surface area contributed by atoms with E-state index in [1.165, 1.54) is 5.56 Å². The van der Waals surface area contributed by atoms with Gasteiger partial charge in [0.05, 0.1) is 35.0 Å². The number of anilines is 2. The molecule has 37 heavy (non-hydrogen) atoms. The molecule has 3 heterocycles. The van der Waals surface area contributed by atoms with Gasteiger partial charge in [0.25, 0.3) is 0 Å². The van der Waals surface area contributed by atoms with Gasteiger partial charge in [0.1, 0.15) is 11.6 Å². The Labute approximate surface area is 224 Å². The molecule has 1 fully saturated rings. The Morgan fingerprint density at radius 1 is 1.00 bits per heavy atom. The first-order valence-corrected chi connectivity index (χ1v) is 13.2. The van der Waals surface area contributed by atoms with Crippen LogP contribution in [0.5, 0.6) is 0 Å². The van der Waals surface area contributed by atoms with E-state index in [4.69, 9.17) is 26.3 Å². The molecule has 1 aliphatic heterocycles. The van der Waals surface area contributed by atoms with Gasteiger partial charge in [0.2, 0.25) is 0 Å². The lowest BCUT2D eigenvalue weighted by molar-refractivity contribution is -0.0710. The van der Waals surface area contributed by atoms with Crippen LogP contribution in [0, 0.1) is 0 Å². The molecule has 1 aliphatic rings. The van der Waals surface area contributed by atoms with Crippen molar-refractivity contribution in [3.8, 4) is 11.3 Å². The Morgan fingerprint density at radius 2 is 1.73 bits per heavy atom. The monoisotopic (exact) mass is 515 g/mol. The van der Waals surface area contributed by atoms with Gasteiger partial charge >= 0.3 is 0 Å². The van der Waals surface area contributed by atoms with E-state index in [-0.39, 0.29) is 17.6 Å². The van der Waals surface area contributed by atoms with Gasteiger partial charge in [0.15, 0.2) is 0 Å². The number of benzene rings is 2. The number of fused-ring (bicyclic) bond motifs is 1. The molecule has 0 unspecified atom stereocenters. The number of hydrogen-bond acceptors (Lipinski definition) is 6. The highest BCUT2D eigenvalue weighted by Gasteiger charge is 2.23. The highest BCUT2D eigenvalue weighted by atomic mass is 35.5. The smallest absolute Gasteiger partial charge is 0.145 e. The fourth-order valence-electron chi connectivity index (χ4n) is 4.89. The Hall–Kier alpha value is -3.06. The van der Waals surface area contributed by atoms with Crippen molar-refractivity contribution >= 4 is 34.0 Å². The Morgan fingerprint density at radius 3 is 2.41 bits per heavy atom. The molecule has 5 rings (SSSR count). The van der Waals surface area contributed by atoms with Crippen molar-refractivity contribution in [2.45, 2.75) is 58.8 Å². The molecule has 0 amide bonds. The maximum atomic E-state index is 6.45. The van der Waals surface area contributed by atoms with Crippen molar-refractivity contribution in [3.63, 3.8) is 0 Å². The molecular weight excluding hydrogens is 482 g/mol. The summed E-state index contributed by atoms with van der Waals surface area (Å²) in [6.45, 7) is 13.2. The van der Waals surface area contributed by atoms with Crippen molar-refractivity contribution in [1.29, 1.82) is 0 Å². The molecule has 0 radical (unpaired) electrons. The summed E-state index contributed by atoms with van der Waals surface area (Å²) in [6.07, 6.45) is 2.12. The molecule has 2 aromatic carbocycles. The second-order valence-electron chi connectivity index (χ2n) is 11.0. The van der Waals surface area contributed by atoms with Crippen molar-refractivity contribution in [1.82, 2.24) is 19.9 Å². The molecule has 2 atom stereocenters. The molecular formula is C30H34ClN5O. The number of hydrogen-bond donors (Lipinski definition) is 1. The van der Waals surface area contributed by atoms with E-state index in [1.807, 2.05) is 30.3 Å². The zero-order chi connectivity index (χ0) is 26.2. The molecule has 4 aromatic rings. The first kappa shape index (κ1) is 25.6. The minimum Gasteiger partial charge on any atom is -0.373 e. The van der Waals surface area contributed by atoms with E-state index in [0.29, 0.717) is 11.6 Å². The molecule has 1 N–H and O–H groups in total. The van der Waals surface area contributed by atoms with Crippen LogP contribution >= 0.6 is 11.6 Å². The van der Waals surface area contributed by atoms with E-state index in [1.54, 1.807) is 6.20 Å². The molecule has 0 aliphatic carbocycles. The Bertz CT molecular complexity index is 1390. The summed E-state index contributed by atoms with van der Waals surface area (Å²) in [5.41, 5.74) is 4.91. The molecule has 0 saturated carbocycles. The van der Waals surface area contributed by atoms with Crippen molar-refractivity contribution in [2.24, 2.45) is 0 Å². The van der Waals surface area contributed by atoms with Crippen LogP contribution in [-0.4, -0.2) is 45.1 Å². The molecule has 2 aromatic heterocycles. The first-order chi connectivity index (χ1) is 17.7. The lowest BCUT2D eigenvalue weighted by Gasteiger charge is -2.34. The normalized spacial score (nSPS) is 18.8. The maximum absolute atomic E-state index is 6.45. The van der Waals surface area contributed by atoms with Crippen LogP contribution in [-0.2, 0) is 16.7 Å². The number of morpholine rings is 1. The lowest BCUT2D eigenvalue weighted by atomic mass is 9.87. The highest BCUT2D eigenvalue weighted by Crippen LogP contribution is 2.32. The van der Waals surface area contributed by atoms with Crippen molar-refractivity contribution in [3.05, 3.63) is 77.2 Å². The molecule has 0 bridgehead atoms. The highest BCUT2D eigenvalue weighted by molar-refractivity contribution is 6.33. The maximum Gasteiger partial charge on any atom is 0.145 e. The van der Waals surface area contributed by atoms with Gasteiger partial charge in [-0.05, 0) is 61.2 Å². The summed E-state index contributed by atoms with van der Waals surface area (Å²) in [4.78, 5) is 16.8. The largest absolute Gasteiger partial charge is 0.373 e. The molecule has 1 saturated heterocycles. The van der Waals surface area contributed by atoms with Gasteiger partial charge in [-0.15, -0.1) is 0 Å². The van der Waals surface area contributed by atoms with Crippen molar-refractivity contribution < 1.29 is 4.74 Å². The second kappa shape index (κ2) is 10.4. The second-order valence-corrected chi connectivity index (χ2v) is 11.4. The predicted octanol–water partition coefficient (Wildman–Crippen LogP) is 7.00. The van der Waals surface area contributed by atoms with Crippen LogP contribution in [0.1, 0.15) is 46.0 Å². The molecule has 6 nitrogen and oxygen atoms in total. The van der Waals surface area contributed by atoms with E-state index in [0.717, 1.165) is 52.6 Å². The topological polar surface area (TPSA) is 63.2 Å². The summed E-state index contributed by atoms with van der Waals surface area (Å²) in [6, 6.07) is 18.4. The summed E-state index contributed by atoms with van der Waals surface area (Å²) < 4.78 is 5.92. The third-order valence-electron chi connectivity index (χ3n) is 6.65. The van der Waals surface area contributed by atoms with Gasteiger partial charge < -0.3 is 10.1 Å². The van der Waals surface area contributed by atoms with Gasteiger partial charge in [-0.1, -0.05) is 50.6 Å². The Balaban J connectivity index is 1.54. The van der Waals surface area contributed by atoms with Crippen LogP contribution < -0.4 is 5.32 Å². The standard InChI is InChI=1S/C30H34ClN5O/c1-19-16-36(17-20(2)37-19)18-27-34-26-15-21(28-25(31)7-6-14-32-28)8-13-24(26)29(35-27)33-23-11-9-22(10-12-23)30(3,4)5/h6-15,19-20H,16-18H2,1-5H3,(H,33,34,35)/t19-,20-/m1/s1. The first-order valence-electron chi connectivity index (χ1n) is 12.8. The van der Waals surface area contributed by atoms with Crippen LogP contribution in [0.4, 0.5) is 11.5 Å². The average molecular weight is 516 g/mol. The third kappa shape index (κ3) is 5.93. The number of ether oxygens (including phenoxy) is 1. The molecule has 7 heteroatoms. The van der Waals surface area contributed by atoms with Crippen LogP contribution in [0.2, 0.25) is 5.02 Å². The van der Waals surface area contributed by atoms with Crippen molar-refractivity contribution in [2.75, 3.05) is 18.4 Å². The van der Waals surface area contributed by atoms with Crippen LogP contribution in [0.25, 0.3) is 22.2 Å². The molecule has 0 spiro atoms. The number of aromatic nitrogens is 3. The van der Waals surface area contributed by atoms with Gasteiger partial charge in [-0.25, -0.2) is 9.97 Å². The summed E-state index contributed by atoms with van der Waals surface area (Å²) in [5, 5.41) is 5.12. The number of rotatable bonds is 5. The fourth-order valence-corrected chi connectivity index (χ4v) is 5.12. The lowest BCUT2D eigenvalue weighted by Crippen LogP contribution is -2.45. The molecule has 192 valence electrons. The fraction of sp³-hybridized carbons (Fsp3) is 0.367. The van der Waals surface area contributed by atoms with Crippen LogP contribution in [0.3, 0.4) is 0 Å². The SMILES string of the molecule is C[C@@H]1CN(Cc2nc(Nc3ccc(C(C)(C)C)cc3)c3ccc(-c4ncccc4Cl)cc3n2)C[C@@H](C)O1. The number of halogens is 1. The third-order valence-corrected chi connectivity index (χ3v) is 6.95. The number of nitrogens with one attached hydrogen (secondary N) is 1. The van der Waals surface area contributed by atoms with Gasteiger partial charge in [-0.2, -0.15) is 0 Å². The van der Waals surface area contributed by atoms with E-state index < -0.39 is 0 Å². The van der Waals surface area contributed by atoms with Gasteiger partial charge in [0, 0.05) is 35.9 Å². The zero-order valence-corrected chi connectivity index (χ0v) is 22.9. The summed E-state index contributed by atoms with van der Waals surface area (Å²) in [5.74, 6) is 1.56.